The lowest BCUT2D eigenvalue weighted by Gasteiger charge is -2.17. The van der Waals surface area contributed by atoms with E-state index in [1.54, 1.807) is 0 Å². The van der Waals surface area contributed by atoms with E-state index in [-0.39, 0.29) is 17.8 Å². The molecule has 0 aliphatic heterocycles. The van der Waals surface area contributed by atoms with Crippen molar-refractivity contribution in [2.24, 2.45) is 16.8 Å². The first kappa shape index (κ1) is 14.0. The molecule has 17 heavy (non-hydrogen) atoms. The van der Waals surface area contributed by atoms with E-state index in [1.807, 2.05) is 19.1 Å². The summed E-state index contributed by atoms with van der Waals surface area (Å²) in [5.41, 5.74) is 6.72. The van der Waals surface area contributed by atoms with Crippen LogP contribution in [-0.4, -0.2) is 17.6 Å². The van der Waals surface area contributed by atoms with E-state index in [4.69, 9.17) is 10.9 Å². The monoisotopic (exact) mass is 299 g/mol. The highest BCUT2D eigenvalue weighted by Gasteiger charge is 2.10. The fourth-order valence-corrected chi connectivity index (χ4v) is 1.87. The number of halogens is 1. The smallest absolute Gasteiger partial charge is 0.143 e. The topological polar surface area (TPSA) is 70.6 Å². The molecule has 0 fully saturated rings. The molecule has 5 heteroatoms. The average Bonchev–Trinajstić information content (AvgIpc) is 2.34. The molecule has 0 radical (unpaired) electrons. The maximum Gasteiger partial charge on any atom is 0.143 e. The summed E-state index contributed by atoms with van der Waals surface area (Å²) < 4.78 is 1.06. The van der Waals surface area contributed by atoms with Gasteiger partial charge in [0.15, 0.2) is 0 Å². The number of hydrogen-bond donors (Lipinski definition) is 3. The fourth-order valence-electron chi connectivity index (χ4n) is 1.45. The Hall–Kier alpha value is -1.07. The van der Waals surface area contributed by atoms with Crippen LogP contribution in [0.2, 0.25) is 0 Å². The van der Waals surface area contributed by atoms with Gasteiger partial charge in [0.25, 0.3) is 0 Å². The molecule has 4 nitrogen and oxygen atoms in total. The molecule has 0 saturated carbocycles. The Labute approximate surface area is 110 Å². The lowest BCUT2D eigenvalue weighted by molar-refractivity contribution is 0.313. The third-order valence-electron chi connectivity index (χ3n) is 2.70. The zero-order valence-electron chi connectivity index (χ0n) is 10.0. The molecule has 1 unspecified atom stereocenters. The normalized spacial score (nSPS) is 15.6. The molecule has 1 aromatic rings. The van der Waals surface area contributed by atoms with E-state index >= 15 is 0 Å². The molecule has 0 aromatic heterocycles. The van der Waals surface area contributed by atoms with Crippen LogP contribution in [0.15, 0.2) is 33.9 Å². The summed E-state index contributed by atoms with van der Waals surface area (Å²) in [4.78, 5) is 0. The SMILES string of the molecule is CC(CN[C@H](C)c1cccc(Br)c1)/C(N)=N/O. The third-order valence-corrected chi connectivity index (χ3v) is 3.19. The summed E-state index contributed by atoms with van der Waals surface area (Å²) in [6.07, 6.45) is 0. The van der Waals surface area contributed by atoms with Gasteiger partial charge in [-0.05, 0) is 24.6 Å². The van der Waals surface area contributed by atoms with Gasteiger partial charge in [-0.15, -0.1) is 0 Å². The first-order chi connectivity index (χ1) is 8.04. The van der Waals surface area contributed by atoms with E-state index < -0.39 is 0 Å². The first-order valence-electron chi connectivity index (χ1n) is 5.51. The van der Waals surface area contributed by atoms with Crippen molar-refractivity contribution in [2.75, 3.05) is 6.54 Å². The molecule has 2 atom stereocenters. The van der Waals surface area contributed by atoms with Crippen molar-refractivity contribution < 1.29 is 5.21 Å². The highest BCUT2D eigenvalue weighted by molar-refractivity contribution is 9.10. The molecule has 4 N–H and O–H groups in total. The molecule has 0 aliphatic carbocycles. The summed E-state index contributed by atoms with van der Waals surface area (Å²) >= 11 is 3.44. The van der Waals surface area contributed by atoms with Crippen LogP contribution in [0.3, 0.4) is 0 Å². The Kier molecular flexibility index (Phi) is 5.44. The first-order valence-corrected chi connectivity index (χ1v) is 6.30. The van der Waals surface area contributed by atoms with Crippen LogP contribution in [-0.2, 0) is 0 Å². The number of nitrogens with zero attached hydrogens (tertiary/aromatic N) is 1. The van der Waals surface area contributed by atoms with Crippen molar-refractivity contribution in [3.8, 4) is 0 Å². The van der Waals surface area contributed by atoms with Gasteiger partial charge in [-0.2, -0.15) is 0 Å². The molecule has 0 heterocycles. The van der Waals surface area contributed by atoms with Crippen LogP contribution in [0, 0.1) is 5.92 Å². The second-order valence-corrected chi connectivity index (χ2v) is 5.03. The van der Waals surface area contributed by atoms with E-state index in [9.17, 15) is 0 Å². The highest BCUT2D eigenvalue weighted by Crippen LogP contribution is 2.17. The summed E-state index contributed by atoms with van der Waals surface area (Å²) in [5, 5.41) is 14.9. The fraction of sp³-hybridized carbons (Fsp3) is 0.417. The van der Waals surface area contributed by atoms with Crippen LogP contribution in [0.4, 0.5) is 0 Å². The summed E-state index contributed by atoms with van der Waals surface area (Å²) in [6.45, 7) is 4.67. The van der Waals surface area contributed by atoms with Gasteiger partial charge in [0.2, 0.25) is 0 Å². The van der Waals surface area contributed by atoms with Gasteiger partial charge < -0.3 is 16.3 Å². The number of nitrogens with one attached hydrogen (secondary N) is 1. The molecule has 0 spiro atoms. The van der Waals surface area contributed by atoms with E-state index in [2.05, 4.69) is 45.5 Å². The second-order valence-electron chi connectivity index (χ2n) is 4.11. The van der Waals surface area contributed by atoms with Crippen molar-refractivity contribution in [1.82, 2.24) is 5.32 Å². The molecule has 94 valence electrons. The summed E-state index contributed by atoms with van der Waals surface area (Å²) in [6, 6.07) is 8.36. The largest absolute Gasteiger partial charge is 0.409 e. The van der Waals surface area contributed by atoms with E-state index in [0.717, 1.165) is 4.47 Å². The Morgan fingerprint density at radius 3 is 2.82 bits per heavy atom. The molecule has 1 rings (SSSR count). The van der Waals surface area contributed by atoms with Crippen LogP contribution in [0.1, 0.15) is 25.5 Å². The van der Waals surface area contributed by atoms with Crippen molar-refractivity contribution >= 4 is 21.8 Å². The van der Waals surface area contributed by atoms with Crippen molar-refractivity contribution in [2.45, 2.75) is 19.9 Å². The highest BCUT2D eigenvalue weighted by atomic mass is 79.9. The molecule has 0 amide bonds. The molecule has 0 saturated heterocycles. The van der Waals surface area contributed by atoms with Gasteiger partial charge in [0, 0.05) is 23.0 Å². The van der Waals surface area contributed by atoms with Gasteiger partial charge in [-0.3, -0.25) is 0 Å². The zero-order chi connectivity index (χ0) is 12.8. The number of amidine groups is 1. The molecular formula is C12H18BrN3O. The van der Waals surface area contributed by atoms with Crippen LogP contribution in [0.5, 0.6) is 0 Å². The Bertz CT molecular complexity index is 395. The van der Waals surface area contributed by atoms with Gasteiger partial charge in [0.1, 0.15) is 5.84 Å². The Morgan fingerprint density at radius 1 is 1.53 bits per heavy atom. The summed E-state index contributed by atoms with van der Waals surface area (Å²) in [5.74, 6) is 0.258. The van der Waals surface area contributed by atoms with Crippen LogP contribution < -0.4 is 11.1 Å². The Morgan fingerprint density at radius 2 is 2.24 bits per heavy atom. The third kappa shape index (κ3) is 4.36. The quantitative estimate of drug-likeness (QED) is 0.338. The zero-order valence-corrected chi connectivity index (χ0v) is 11.6. The summed E-state index contributed by atoms with van der Waals surface area (Å²) in [7, 11) is 0. The lowest BCUT2D eigenvalue weighted by Crippen LogP contribution is -2.32. The maximum absolute atomic E-state index is 8.55. The number of oxime groups is 1. The molecular weight excluding hydrogens is 282 g/mol. The molecule has 0 bridgehead atoms. The van der Waals surface area contributed by atoms with Gasteiger partial charge >= 0.3 is 0 Å². The Balaban J connectivity index is 2.53. The minimum Gasteiger partial charge on any atom is -0.409 e. The number of nitrogens with two attached hydrogens (primary N) is 1. The average molecular weight is 300 g/mol. The lowest BCUT2D eigenvalue weighted by atomic mass is 10.1. The van der Waals surface area contributed by atoms with Gasteiger partial charge in [-0.25, -0.2) is 0 Å². The van der Waals surface area contributed by atoms with E-state index in [0.29, 0.717) is 6.54 Å². The maximum atomic E-state index is 8.55. The van der Waals surface area contributed by atoms with E-state index in [1.165, 1.54) is 5.56 Å². The minimum absolute atomic E-state index is 0.00889. The second kappa shape index (κ2) is 6.61. The number of hydrogen-bond acceptors (Lipinski definition) is 3. The van der Waals surface area contributed by atoms with Crippen molar-refractivity contribution in [1.29, 1.82) is 0 Å². The predicted molar refractivity (Wildman–Crippen MR) is 73.1 cm³/mol. The van der Waals surface area contributed by atoms with Crippen LogP contribution in [0.25, 0.3) is 0 Å². The standard InChI is InChI=1S/C12H18BrN3O/c1-8(12(14)16-17)7-15-9(2)10-4-3-5-11(13)6-10/h3-6,8-9,15,17H,7H2,1-2H3,(H2,14,16)/t8?,9-/m1/s1. The molecule has 0 aliphatic rings. The van der Waals surface area contributed by atoms with Gasteiger partial charge in [-0.1, -0.05) is 40.1 Å². The predicted octanol–water partition coefficient (Wildman–Crippen LogP) is 2.48. The van der Waals surface area contributed by atoms with Crippen molar-refractivity contribution in [3.63, 3.8) is 0 Å². The molecule has 1 aromatic carbocycles. The van der Waals surface area contributed by atoms with Crippen LogP contribution >= 0.6 is 15.9 Å². The van der Waals surface area contributed by atoms with Gasteiger partial charge in [0.05, 0.1) is 0 Å². The number of benzene rings is 1. The van der Waals surface area contributed by atoms with Crippen molar-refractivity contribution in [3.05, 3.63) is 34.3 Å². The minimum atomic E-state index is 0.00889. The number of rotatable bonds is 5.